The van der Waals surface area contributed by atoms with Gasteiger partial charge in [-0.15, -0.1) is 0 Å². The zero-order valence-corrected chi connectivity index (χ0v) is 13.1. The summed E-state index contributed by atoms with van der Waals surface area (Å²) in [5, 5.41) is 13.5. The lowest BCUT2D eigenvalue weighted by molar-refractivity contribution is -0.384. The number of nitrogens with one attached hydrogen (secondary N) is 1. The average Bonchev–Trinajstić information content (AvgIpc) is 2.56. The molecule has 9 heteroatoms. The van der Waals surface area contributed by atoms with E-state index in [0.29, 0.717) is 10.7 Å². The molecule has 24 heavy (non-hydrogen) atoms. The van der Waals surface area contributed by atoms with Crippen LogP contribution in [0.3, 0.4) is 0 Å². The molecule has 0 unspecified atom stereocenters. The van der Waals surface area contributed by atoms with Crippen molar-refractivity contribution in [2.75, 3.05) is 0 Å². The van der Waals surface area contributed by atoms with Crippen molar-refractivity contribution in [2.24, 2.45) is 5.73 Å². The Morgan fingerprint density at radius 2 is 2.08 bits per heavy atom. The van der Waals surface area contributed by atoms with E-state index in [2.05, 4.69) is 10.3 Å². The number of aromatic nitrogens is 1. The zero-order valence-electron chi connectivity index (χ0n) is 12.3. The highest BCUT2D eigenvalue weighted by atomic mass is 35.5. The molecular weight excluding hydrogens is 336 g/mol. The Kier molecular flexibility index (Phi) is 5.43. The quantitative estimate of drug-likeness (QED) is 0.464. The van der Waals surface area contributed by atoms with Crippen molar-refractivity contribution < 1.29 is 14.5 Å². The summed E-state index contributed by atoms with van der Waals surface area (Å²) in [6.07, 6.45) is 1.60. The van der Waals surface area contributed by atoms with E-state index in [1.165, 1.54) is 24.4 Å². The third kappa shape index (κ3) is 4.50. The Hall–Kier alpha value is -3.00. The van der Waals surface area contributed by atoms with Crippen LogP contribution in [-0.2, 0) is 11.2 Å². The number of halogens is 1. The standard InChI is InChI=1S/C15H13ClN4O4/c16-13-5-4-9(8-18-13)6-12(14(17)21)19-15(22)10-2-1-3-11(7-10)20(23)24/h1-5,7-8,12H,6H2,(H2,17,21)(H,19,22)/t12-/m1/s1. The molecule has 0 aliphatic rings. The Labute approximate surface area is 141 Å². The number of nitrogens with zero attached hydrogens (tertiary/aromatic N) is 2. The van der Waals surface area contributed by atoms with Crippen molar-refractivity contribution in [3.05, 3.63) is 69.0 Å². The van der Waals surface area contributed by atoms with Gasteiger partial charge in [-0.05, 0) is 17.7 Å². The Bertz CT molecular complexity index is 779. The number of hydrogen-bond donors (Lipinski definition) is 2. The Morgan fingerprint density at radius 3 is 2.67 bits per heavy atom. The monoisotopic (exact) mass is 348 g/mol. The van der Waals surface area contributed by atoms with Gasteiger partial charge in [0.05, 0.1) is 4.92 Å². The highest BCUT2D eigenvalue weighted by Gasteiger charge is 2.20. The van der Waals surface area contributed by atoms with Crippen LogP contribution in [0.5, 0.6) is 0 Å². The second-order valence-electron chi connectivity index (χ2n) is 4.93. The first-order valence-corrected chi connectivity index (χ1v) is 7.19. The second kappa shape index (κ2) is 7.51. The van der Waals surface area contributed by atoms with E-state index in [0.717, 1.165) is 6.07 Å². The molecule has 1 heterocycles. The van der Waals surface area contributed by atoms with Gasteiger partial charge in [0.2, 0.25) is 5.91 Å². The van der Waals surface area contributed by atoms with Crippen molar-refractivity contribution in [1.29, 1.82) is 0 Å². The van der Waals surface area contributed by atoms with Crippen molar-refractivity contribution >= 4 is 29.1 Å². The fraction of sp³-hybridized carbons (Fsp3) is 0.133. The lowest BCUT2D eigenvalue weighted by atomic mass is 10.1. The van der Waals surface area contributed by atoms with E-state index < -0.39 is 22.8 Å². The number of amides is 2. The van der Waals surface area contributed by atoms with Crippen LogP contribution < -0.4 is 11.1 Å². The molecule has 0 spiro atoms. The lowest BCUT2D eigenvalue weighted by Gasteiger charge is -2.15. The van der Waals surface area contributed by atoms with Crippen LogP contribution >= 0.6 is 11.6 Å². The highest BCUT2D eigenvalue weighted by molar-refractivity contribution is 6.29. The molecule has 0 fully saturated rings. The molecule has 124 valence electrons. The van der Waals surface area contributed by atoms with E-state index in [4.69, 9.17) is 17.3 Å². The molecule has 2 amide bonds. The van der Waals surface area contributed by atoms with Crippen molar-refractivity contribution in [3.63, 3.8) is 0 Å². The summed E-state index contributed by atoms with van der Waals surface area (Å²) in [4.78, 5) is 37.8. The van der Waals surface area contributed by atoms with Gasteiger partial charge in [0.15, 0.2) is 0 Å². The topological polar surface area (TPSA) is 128 Å². The predicted molar refractivity (Wildman–Crippen MR) is 86.5 cm³/mol. The Balaban J connectivity index is 2.13. The minimum Gasteiger partial charge on any atom is -0.368 e. The second-order valence-corrected chi connectivity index (χ2v) is 5.32. The number of rotatable bonds is 6. The van der Waals surface area contributed by atoms with Crippen molar-refractivity contribution in [3.8, 4) is 0 Å². The third-order valence-electron chi connectivity index (χ3n) is 3.20. The van der Waals surface area contributed by atoms with Gasteiger partial charge in [-0.2, -0.15) is 0 Å². The molecule has 0 aliphatic heterocycles. The molecule has 0 saturated carbocycles. The molecular formula is C15H13ClN4O4. The third-order valence-corrected chi connectivity index (χ3v) is 3.42. The fourth-order valence-electron chi connectivity index (χ4n) is 1.99. The molecule has 2 rings (SSSR count). The number of hydrogen-bond acceptors (Lipinski definition) is 5. The number of carbonyl (C=O) groups excluding carboxylic acids is 2. The number of nitro benzene ring substituents is 1. The van der Waals surface area contributed by atoms with Gasteiger partial charge in [0, 0.05) is 30.3 Å². The molecule has 0 radical (unpaired) electrons. The Morgan fingerprint density at radius 1 is 1.33 bits per heavy atom. The summed E-state index contributed by atoms with van der Waals surface area (Å²) >= 11 is 5.69. The number of nitrogens with two attached hydrogens (primary N) is 1. The van der Waals surface area contributed by atoms with Gasteiger partial charge in [-0.1, -0.05) is 23.7 Å². The van der Waals surface area contributed by atoms with E-state index in [-0.39, 0.29) is 17.7 Å². The molecule has 1 atom stereocenters. The zero-order chi connectivity index (χ0) is 17.7. The smallest absolute Gasteiger partial charge is 0.270 e. The molecule has 1 aromatic heterocycles. The maximum Gasteiger partial charge on any atom is 0.270 e. The summed E-state index contributed by atoms with van der Waals surface area (Å²) in [5.74, 6) is -1.37. The van der Waals surface area contributed by atoms with Crippen LogP contribution in [0, 0.1) is 10.1 Å². The van der Waals surface area contributed by atoms with E-state index in [1.54, 1.807) is 12.1 Å². The van der Waals surface area contributed by atoms with E-state index in [9.17, 15) is 19.7 Å². The van der Waals surface area contributed by atoms with Crippen molar-refractivity contribution in [1.82, 2.24) is 10.3 Å². The average molecular weight is 349 g/mol. The first-order valence-electron chi connectivity index (χ1n) is 6.82. The lowest BCUT2D eigenvalue weighted by Crippen LogP contribution is -2.45. The number of benzene rings is 1. The van der Waals surface area contributed by atoms with Crippen LogP contribution in [0.2, 0.25) is 5.15 Å². The summed E-state index contributed by atoms with van der Waals surface area (Å²) in [5.41, 5.74) is 5.80. The maximum atomic E-state index is 12.2. The van der Waals surface area contributed by atoms with Gasteiger partial charge in [0.25, 0.3) is 11.6 Å². The van der Waals surface area contributed by atoms with E-state index in [1.807, 2.05) is 0 Å². The summed E-state index contributed by atoms with van der Waals surface area (Å²) < 4.78 is 0. The van der Waals surface area contributed by atoms with Crippen molar-refractivity contribution in [2.45, 2.75) is 12.5 Å². The van der Waals surface area contributed by atoms with Crippen LogP contribution in [0.25, 0.3) is 0 Å². The van der Waals surface area contributed by atoms with Crippen LogP contribution in [0.15, 0.2) is 42.6 Å². The van der Waals surface area contributed by atoms with Crippen LogP contribution in [0.1, 0.15) is 15.9 Å². The predicted octanol–water partition coefficient (Wildman–Crippen LogP) is 1.47. The minimum atomic E-state index is -0.986. The van der Waals surface area contributed by atoms with Gasteiger partial charge >= 0.3 is 0 Å². The van der Waals surface area contributed by atoms with Gasteiger partial charge in [-0.25, -0.2) is 4.98 Å². The van der Waals surface area contributed by atoms with Gasteiger partial charge < -0.3 is 11.1 Å². The molecule has 8 nitrogen and oxygen atoms in total. The molecule has 0 saturated heterocycles. The van der Waals surface area contributed by atoms with Crippen LogP contribution in [-0.4, -0.2) is 27.8 Å². The molecule has 3 N–H and O–H groups in total. The summed E-state index contributed by atoms with van der Waals surface area (Å²) in [6, 6.07) is 7.40. The fourth-order valence-corrected chi connectivity index (χ4v) is 2.10. The largest absolute Gasteiger partial charge is 0.368 e. The molecule has 2 aromatic rings. The molecule has 0 bridgehead atoms. The van der Waals surface area contributed by atoms with Crippen LogP contribution in [0.4, 0.5) is 5.69 Å². The van der Waals surface area contributed by atoms with Gasteiger partial charge in [-0.3, -0.25) is 19.7 Å². The summed E-state index contributed by atoms with van der Waals surface area (Å²) in [6.45, 7) is 0. The SMILES string of the molecule is NC(=O)[C@@H](Cc1ccc(Cl)nc1)NC(=O)c1cccc([N+](=O)[O-])c1. The van der Waals surface area contributed by atoms with Gasteiger partial charge in [0.1, 0.15) is 11.2 Å². The number of primary amides is 1. The normalized spacial score (nSPS) is 11.5. The number of non-ortho nitro benzene ring substituents is 1. The minimum absolute atomic E-state index is 0.0599. The molecule has 0 aliphatic carbocycles. The number of carbonyl (C=O) groups is 2. The number of pyridine rings is 1. The highest BCUT2D eigenvalue weighted by Crippen LogP contribution is 2.13. The first kappa shape index (κ1) is 17.4. The summed E-state index contributed by atoms with van der Waals surface area (Å²) in [7, 11) is 0. The molecule has 1 aromatic carbocycles. The maximum absolute atomic E-state index is 12.2. The van der Waals surface area contributed by atoms with E-state index >= 15 is 0 Å². The first-order chi connectivity index (χ1) is 11.4. The number of nitro groups is 1.